The van der Waals surface area contributed by atoms with Crippen LogP contribution in [0.5, 0.6) is 5.75 Å². The Kier molecular flexibility index (Phi) is 3.87. The number of nitrogens with zero attached hydrogens (tertiary/aromatic N) is 2. The first-order valence-electron chi connectivity index (χ1n) is 6.99. The van der Waals surface area contributed by atoms with E-state index in [1.54, 1.807) is 0 Å². The van der Waals surface area contributed by atoms with E-state index in [2.05, 4.69) is 0 Å². The molecule has 2 aromatic rings. The van der Waals surface area contributed by atoms with Crippen LogP contribution in [0, 0.1) is 0 Å². The molecule has 8 heteroatoms. The van der Waals surface area contributed by atoms with Crippen LogP contribution in [-0.2, 0) is 23.1 Å². The molecular weight excluding hydrogens is 320 g/mol. The van der Waals surface area contributed by atoms with Crippen LogP contribution in [-0.4, -0.2) is 42.0 Å². The van der Waals surface area contributed by atoms with Crippen molar-refractivity contribution in [2.24, 2.45) is 0 Å². The fraction of sp³-hybridized carbons (Fsp3) is 0.267. The third-order valence-electron chi connectivity index (χ3n) is 3.88. The van der Waals surface area contributed by atoms with Crippen LogP contribution >= 0.6 is 0 Å². The zero-order valence-corrected chi connectivity index (χ0v) is 13.3. The van der Waals surface area contributed by atoms with Gasteiger partial charge in [0.2, 0.25) is 10.0 Å². The van der Waals surface area contributed by atoms with Crippen LogP contribution in [0.25, 0.3) is 0 Å². The van der Waals surface area contributed by atoms with Crippen molar-refractivity contribution in [3.8, 4) is 5.75 Å². The van der Waals surface area contributed by atoms with Crippen LogP contribution in [0.4, 0.5) is 0 Å². The molecule has 0 radical (unpaired) electrons. The molecule has 1 aliphatic heterocycles. The lowest BCUT2D eigenvalue weighted by molar-refractivity contribution is 0.0696. The minimum Gasteiger partial charge on any atom is -0.495 e. The number of ether oxygens (including phenoxy) is 1. The molecule has 3 rings (SSSR count). The summed E-state index contributed by atoms with van der Waals surface area (Å²) < 4.78 is 34.2. The van der Waals surface area contributed by atoms with Crippen LogP contribution in [0.1, 0.15) is 16.1 Å². The van der Waals surface area contributed by atoms with E-state index in [0.717, 1.165) is 5.69 Å². The molecule has 1 N–H and O–H groups in total. The number of aromatic nitrogens is 1. The number of carbonyl (C=O) groups is 1. The summed E-state index contributed by atoms with van der Waals surface area (Å²) in [6, 6.07) is 7.54. The Labute approximate surface area is 133 Å². The van der Waals surface area contributed by atoms with Crippen molar-refractivity contribution in [3.05, 3.63) is 47.8 Å². The maximum atomic E-state index is 12.9. The van der Waals surface area contributed by atoms with Crippen LogP contribution < -0.4 is 4.74 Å². The summed E-state index contributed by atoms with van der Waals surface area (Å²) in [4.78, 5) is 11.0. The Bertz CT molecular complexity index is 857. The fourth-order valence-corrected chi connectivity index (χ4v) is 4.19. The molecule has 7 nitrogen and oxygen atoms in total. The van der Waals surface area contributed by atoms with Gasteiger partial charge in [-0.2, -0.15) is 4.31 Å². The van der Waals surface area contributed by atoms with Crippen molar-refractivity contribution >= 4 is 16.0 Å². The lowest BCUT2D eigenvalue weighted by Crippen LogP contribution is -2.38. The molecule has 1 aromatic heterocycles. The molecule has 0 atom stereocenters. The van der Waals surface area contributed by atoms with E-state index < -0.39 is 16.0 Å². The molecule has 23 heavy (non-hydrogen) atoms. The largest absolute Gasteiger partial charge is 0.495 e. The second-order valence-electron chi connectivity index (χ2n) is 5.20. The molecule has 0 aliphatic carbocycles. The highest BCUT2D eigenvalue weighted by atomic mass is 32.2. The number of rotatable bonds is 4. The maximum absolute atomic E-state index is 12.9. The van der Waals surface area contributed by atoms with Crippen LogP contribution in [0.3, 0.4) is 0 Å². The first-order chi connectivity index (χ1) is 10.9. The van der Waals surface area contributed by atoms with E-state index in [-0.39, 0.29) is 22.8 Å². The van der Waals surface area contributed by atoms with Crippen LogP contribution in [0.2, 0.25) is 0 Å². The Morgan fingerprint density at radius 2 is 2.04 bits per heavy atom. The van der Waals surface area contributed by atoms with E-state index in [1.807, 2.05) is 22.9 Å². The predicted molar refractivity (Wildman–Crippen MR) is 82.0 cm³/mol. The molecule has 1 aromatic carbocycles. The van der Waals surface area contributed by atoms with Crippen molar-refractivity contribution in [1.82, 2.24) is 8.87 Å². The highest BCUT2D eigenvalue weighted by Gasteiger charge is 2.31. The molecular formula is C15H16N2O5S. The molecule has 0 saturated carbocycles. The summed E-state index contributed by atoms with van der Waals surface area (Å²) in [5.41, 5.74) is 0.897. The minimum absolute atomic E-state index is 0.0201. The molecule has 0 spiro atoms. The molecule has 2 heterocycles. The molecule has 0 saturated heterocycles. The lowest BCUT2D eigenvalue weighted by atomic mass is 10.2. The number of carboxylic acids is 1. The average Bonchev–Trinajstić information content (AvgIpc) is 3.01. The first-order valence-corrected chi connectivity index (χ1v) is 8.43. The van der Waals surface area contributed by atoms with E-state index in [4.69, 9.17) is 9.84 Å². The van der Waals surface area contributed by atoms with E-state index in [9.17, 15) is 13.2 Å². The molecule has 0 amide bonds. The van der Waals surface area contributed by atoms with Gasteiger partial charge in [0.25, 0.3) is 0 Å². The molecule has 0 fully saturated rings. The average molecular weight is 336 g/mol. The Morgan fingerprint density at radius 1 is 1.26 bits per heavy atom. The monoisotopic (exact) mass is 336 g/mol. The Balaban J connectivity index is 1.99. The second-order valence-corrected chi connectivity index (χ2v) is 7.11. The number of hydrogen-bond acceptors (Lipinski definition) is 4. The molecule has 0 unspecified atom stereocenters. The minimum atomic E-state index is -3.77. The number of benzene rings is 1. The summed E-state index contributed by atoms with van der Waals surface area (Å²) in [6.45, 7) is 1.21. The van der Waals surface area contributed by atoms with Gasteiger partial charge in [-0.05, 0) is 30.3 Å². The SMILES string of the molecule is COc1cc(C(=O)O)ccc1S(=O)(=O)N1CCn2cccc2C1. The zero-order valence-electron chi connectivity index (χ0n) is 12.5. The Morgan fingerprint density at radius 3 is 2.74 bits per heavy atom. The van der Waals surface area contributed by atoms with Gasteiger partial charge in [-0.25, -0.2) is 13.2 Å². The summed E-state index contributed by atoms with van der Waals surface area (Å²) in [5.74, 6) is -1.10. The number of carboxylic acid groups (broad SMARTS) is 1. The number of sulfonamides is 1. The third-order valence-corrected chi connectivity index (χ3v) is 5.77. The highest BCUT2D eigenvalue weighted by molar-refractivity contribution is 7.89. The number of fused-ring (bicyclic) bond motifs is 1. The van der Waals surface area contributed by atoms with Crippen molar-refractivity contribution < 1.29 is 23.1 Å². The van der Waals surface area contributed by atoms with Crippen molar-refractivity contribution in [1.29, 1.82) is 0 Å². The Hall–Kier alpha value is -2.32. The second kappa shape index (κ2) is 5.71. The normalized spacial score (nSPS) is 15.2. The standard InChI is InChI=1S/C15H16N2O5S/c1-22-13-9-11(15(18)19)4-5-14(13)23(20,21)17-8-7-16-6-2-3-12(16)10-17/h2-6,9H,7-8,10H2,1H3,(H,18,19). The van der Waals surface area contributed by atoms with E-state index >= 15 is 0 Å². The summed E-state index contributed by atoms with van der Waals surface area (Å²) >= 11 is 0. The molecule has 0 bridgehead atoms. The fourth-order valence-electron chi connectivity index (χ4n) is 2.65. The van der Waals surface area contributed by atoms with Gasteiger partial charge in [-0.3, -0.25) is 0 Å². The smallest absolute Gasteiger partial charge is 0.335 e. The molecule has 122 valence electrons. The predicted octanol–water partition coefficient (Wildman–Crippen LogP) is 1.40. The lowest BCUT2D eigenvalue weighted by Gasteiger charge is -2.28. The number of methoxy groups -OCH3 is 1. The van der Waals surface area contributed by atoms with Crippen molar-refractivity contribution in [2.45, 2.75) is 18.0 Å². The maximum Gasteiger partial charge on any atom is 0.335 e. The van der Waals surface area contributed by atoms with Gasteiger partial charge < -0.3 is 14.4 Å². The van der Waals surface area contributed by atoms with Crippen molar-refractivity contribution in [2.75, 3.05) is 13.7 Å². The summed E-state index contributed by atoms with van der Waals surface area (Å²) in [5, 5.41) is 9.01. The van der Waals surface area contributed by atoms with Crippen LogP contribution in [0.15, 0.2) is 41.4 Å². The van der Waals surface area contributed by atoms with Gasteiger partial charge in [-0.1, -0.05) is 0 Å². The topological polar surface area (TPSA) is 88.8 Å². The number of hydrogen-bond donors (Lipinski definition) is 1. The van der Waals surface area contributed by atoms with E-state index in [1.165, 1.54) is 29.6 Å². The van der Waals surface area contributed by atoms with Gasteiger partial charge in [0.1, 0.15) is 10.6 Å². The molecule has 1 aliphatic rings. The van der Waals surface area contributed by atoms with Gasteiger partial charge >= 0.3 is 5.97 Å². The van der Waals surface area contributed by atoms with Gasteiger partial charge in [0.05, 0.1) is 19.2 Å². The van der Waals surface area contributed by atoms with Gasteiger partial charge in [0.15, 0.2) is 0 Å². The first kappa shape index (κ1) is 15.6. The summed E-state index contributed by atoms with van der Waals surface area (Å²) in [6.07, 6.45) is 1.92. The quantitative estimate of drug-likeness (QED) is 0.912. The summed E-state index contributed by atoms with van der Waals surface area (Å²) in [7, 11) is -2.45. The third kappa shape index (κ3) is 2.71. The number of aromatic carboxylic acids is 1. The van der Waals surface area contributed by atoms with E-state index in [0.29, 0.717) is 13.1 Å². The zero-order chi connectivity index (χ0) is 16.6. The highest BCUT2D eigenvalue weighted by Crippen LogP contribution is 2.30. The van der Waals surface area contributed by atoms with Gasteiger partial charge in [-0.15, -0.1) is 0 Å². The van der Waals surface area contributed by atoms with Gasteiger partial charge in [0, 0.05) is 25.0 Å². The van der Waals surface area contributed by atoms with Crippen molar-refractivity contribution in [3.63, 3.8) is 0 Å².